The van der Waals surface area contributed by atoms with Gasteiger partial charge in [0.15, 0.2) is 0 Å². The quantitative estimate of drug-likeness (QED) is 0.767. The van der Waals surface area contributed by atoms with Crippen LogP contribution in [0, 0.1) is 23.2 Å². The summed E-state index contributed by atoms with van der Waals surface area (Å²) in [5, 5.41) is 19.4. The molecule has 3 aliphatic rings. The maximum Gasteiger partial charge on any atom is 0.306 e. The van der Waals surface area contributed by atoms with Gasteiger partial charge in [0.2, 0.25) is 0 Å². The molecule has 0 spiro atoms. The van der Waals surface area contributed by atoms with E-state index in [-0.39, 0.29) is 23.4 Å². The summed E-state index contributed by atoms with van der Waals surface area (Å²) >= 11 is 0. The minimum Gasteiger partial charge on any atom is -0.481 e. The van der Waals surface area contributed by atoms with Crippen molar-refractivity contribution < 1.29 is 15.0 Å². The van der Waals surface area contributed by atoms with Gasteiger partial charge in [-0.15, -0.1) is 0 Å². The molecule has 3 nitrogen and oxygen atoms in total. The zero-order valence-electron chi connectivity index (χ0n) is 15.6. The molecule has 2 N–H and O–H groups in total. The van der Waals surface area contributed by atoms with Gasteiger partial charge in [-0.3, -0.25) is 4.79 Å². The molecule has 3 fully saturated rings. The number of carboxylic acid groups (broad SMARTS) is 1. The van der Waals surface area contributed by atoms with Crippen molar-refractivity contribution in [2.24, 2.45) is 23.2 Å². The van der Waals surface area contributed by atoms with Gasteiger partial charge in [0.1, 0.15) is 0 Å². The number of carboxylic acids is 1. The molecule has 25 heavy (non-hydrogen) atoms. The fourth-order valence-corrected chi connectivity index (χ4v) is 5.67. The summed E-state index contributed by atoms with van der Waals surface area (Å²) in [6, 6.07) is 0. The number of aliphatic carboxylic acids is 1. The molecule has 0 radical (unpaired) electrons. The molecule has 3 unspecified atom stereocenters. The van der Waals surface area contributed by atoms with Crippen molar-refractivity contribution in [3.8, 4) is 0 Å². The second kappa shape index (κ2) is 7.11. The monoisotopic (exact) mass is 344 g/mol. The topological polar surface area (TPSA) is 57.5 Å². The number of carbonyl (C=O) groups is 1. The van der Waals surface area contributed by atoms with E-state index in [9.17, 15) is 15.0 Å². The number of fused-ring (bicyclic) bond motifs is 1. The molecule has 138 valence electrons. The summed E-state index contributed by atoms with van der Waals surface area (Å²) in [7, 11) is 0. The first-order valence-electron chi connectivity index (χ1n) is 9.81. The van der Waals surface area contributed by atoms with Crippen LogP contribution in [0.1, 0.15) is 65.2 Å². The lowest BCUT2D eigenvalue weighted by molar-refractivity contribution is -0.144. The molecule has 0 heterocycles. The van der Waals surface area contributed by atoms with E-state index in [1.54, 1.807) is 0 Å². The van der Waals surface area contributed by atoms with Crippen LogP contribution in [0.5, 0.6) is 0 Å². The smallest absolute Gasteiger partial charge is 0.306 e. The van der Waals surface area contributed by atoms with Crippen molar-refractivity contribution in [2.45, 2.75) is 71.3 Å². The lowest BCUT2D eigenvalue weighted by atomic mass is 9.61. The van der Waals surface area contributed by atoms with E-state index in [0.717, 1.165) is 50.5 Å². The zero-order valence-corrected chi connectivity index (χ0v) is 15.6. The summed E-state index contributed by atoms with van der Waals surface area (Å²) < 4.78 is 0. The Balaban J connectivity index is 1.82. The number of allylic oxidation sites excluding steroid dienone is 4. The highest BCUT2D eigenvalue weighted by Crippen LogP contribution is 2.59. The second-order valence-electron chi connectivity index (χ2n) is 8.66. The van der Waals surface area contributed by atoms with Crippen molar-refractivity contribution in [3.63, 3.8) is 0 Å². The van der Waals surface area contributed by atoms with Gasteiger partial charge >= 0.3 is 5.97 Å². The number of aliphatic hydroxyl groups is 1. The van der Waals surface area contributed by atoms with E-state index < -0.39 is 5.97 Å². The van der Waals surface area contributed by atoms with Crippen LogP contribution in [0.15, 0.2) is 35.5 Å². The first-order valence-corrected chi connectivity index (χ1v) is 9.81. The first kappa shape index (κ1) is 18.4. The van der Waals surface area contributed by atoms with E-state index in [2.05, 4.69) is 25.7 Å². The Morgan fingerprint density at radius 1 is 1.28 bits per heavy atom. The molecule has 0 aromatic heterocycles. The summed E-state index contributed by atoms with van der Waals surface area (Å²) in [6.45, 7) is 8.36. The Morgan fingerprint density at radius 3 is 2.76 bits per heavy atom. The third-order valence-corrected chi connectivity index (χ3v) is 7.22. The molecule has 0 bridgehead atoms. The molecule has 0 aromatic carbocycles. The highest BCUT2D eigenvalue weighted by atomic mass is 16.4. The van der Waals surface area contributed by atoms with E-state index in [1.807, 2.05) is 6.92 Å². The van der Waals surface area contributed by atoms with Crippen LogP contribution >= 0.6 is 0 Å². The van der Waals surface area contributed by atoms with Gasteiger partial charge in [-0.1, -0.05) is 43.7 Å². The third-order valence-electron chi connectivity index (χ3n) is 7.22. The molecule has 3 aliphatic carbocycles. The summed E-state index contributed by atoms with van der Waals surface area (Å²) in [4.78, 5) is 11.5. The highest BCUT2D eigenvalue weighted by molar-refractivity contribution is 5.70. The normalized spacial score (nSPS) is 40.3. The van der Waals surface area contributed by atoms with Crippen LogP contribution in [0.2, 0.25) is 0 Å². The second-order valence-corrected chi connectivity index (χ2v) is 8.66. The van der Waals surface area contributed by atoms with Crippen LogP contribution in [0.25, 0.3) is 0 Å². The Bertz CT molecular complexity index is 615. The lowest BCUT2D eigenvalue weighted by Crippen LogP contribution is -2.38. The van der Waals surface area contributed by atoms with Gasteiger partial charge < -0.3 is 10.2 Å². The van der Waals surface area contributed by atoms with Crippen molar-refractivity contribution >= 4 is 5.97 Å². The van der Waals surface area contributed by atoms with Crippen molar-refractivity contribution in [1.29, 1.82) is 0 Å². The van der Waals surface area contributed by atoms with E-state index in [1.165, 1.54) is 11.1 Å². The fourth-order valence-electron chi connectivity index (χ4n) is 5.67. The number of hydrogen-bond acceptors (Lipinski definition) is 2. The third kappa shape index (κ3) is 3.48. The Kier molecular flexibility index (Phi) is 5.24. The molecular weight excluding hydrogens is 312 g/mol. The molecule has 3 rings (SSSR count). The summed E-state index contributed by atoms with van der Waals surface area (Å²) in [5.74, 6) is -0.136. The van der Waals surface area contributed by atoms with Crippen LogP contribution in [-0.2, 0) is 4.79 Å². The van der Waals surface area contributed by atoms with Gasteiger partial charge in [0.25, 0.3) is 0 Å². The minimum absolute atomic E-state index is 0.115. The van der Waals surface area contributed by atoms with Gasteiger partial charge in [0, 0.05) is 0 Å². The van der Waals surface area contributed by atoms with Crippen molar-refractivity contribution in [3.05, 3.63) is 35.5 Å². The average Bonchev–Trinajstić information content (AvgIpc) is 2.92. The van der Waals surface area contributed by atoms with Gasteiger partial charge in [-0.25, -0.2) is 0 Å². The first-order chi connectivity index (χ1) is 11.8. The SMILES string of the molecule is C=C1CC[C@H](O)C/C1=C/C=C1\CCC[C@@]2(C)C1CCC2C(C)C(=O)O. The molecule has 0 aliphatic heterocycles. The molecule has 3 heteroatoms. The van der Waals surface area contributed by atoms with Gasteiger partial charge in [-0.05, 0) is 74.2 Å². The molecule has 0 saturated heterocycles. The van der Waals surface area contributed by atoms with Crippen LogP contribution < -0.4 is 0 Å². The van der Waals surface area contributed by atoms with Crippen LogP contribution in [0.4, 0.5) is 0 Å². The standard InChI is InChI=1S/C22H32O3/c1-14-6-9-18(23)13-17(14)8-7-16-5-4-12-22(3)19(10-11-20(16)22)15(2)21(24)25/h7-8,15,18-20,23H,1,4-6,9-13H2,2-3H3,(H,24,25)/b16-7+,17-8-/t15?,18-,19?,20?,22+/m0/s1. The maximum absolute atomic E-state index is 11.5. The summed E-state index contributed by atoms with van der Waals surface area (Å²) in [6.07, 6.45) is 12.2. The Morgan fingerprint density at radius 2 is 2.04 bits per heavy atom. The Hall–Kier alpha value is -1.35. The number of hydrogen-bond donors (Lipinski definition) is 2. The zero-order chi connectivity index (χ0) is 18.2. The molecule has 3 saturated carbocycles. The largest absolute Gasteiger partial charge is 0.481 e. The lowest BCUT2D eigenvalue weighted by Gasteiger charge is -2.43. The minimum atomic E-state index is -0.655. The molecular formula is C22H32O3. The maximum atomic E-state index is 11.5. The van der Waals surface area contributed by atoms with Gasteiger partial charge in [-0.2, -0.15) is 0 Å². The van der Waals surface area contributed by atoms with Gasteiger partial charge in [0.05, 0.1) is 12.0 Å². The van der Waals surface area contributed by atoms with Crippen molar-refractivity contribution in [1.82, 2.24) is 0 Å². The number of rotatable bonds is 3. The predicted molar refractivity (Wildman–Crippen MR) is 100 cm³/mol. The van der Waals surface area contributed by atoms with Crippen molar-refractivity contribution in [2.75, 3.05) is 0 Å². The number of aliphatic hydroxyl groups excluding tert-OH is 1. The fraction of sp³-hybridized carbons (Fsp3) is 0.682. The summed E-state index contributed by atoms with van der Waals surface area (Å²) in [5.41, 5.74) is 3.94. The van der Waals surface area contributed by atoms with Crippen LogP contribution in [-0.4, -0.2) is 22.3 Å². The van der Waals surface area contributed by atoms with E-state index in [4.69, 9.17) is 0 Å². The highest BCUT2D eigenvalue weighted by Gasteiger charge is 2.51. The molecule has 0 amide bonds. The van der Waals surface area contributed by atoms with E-state index >= 15 is 0 Å². The Labute approximate surface area is 151 Å². The molecule has 0 aromatic rings. The van der Waals surface area contributed by atoms with E-state index in [0.29, 0.717) is 12.3 Å². The average molecular weight is 344 g/mol. The van der Waals surface area contributed by atoms with Crippen LogP contribution in [0.3, 0.4) is 0 Å². The molecule has 5 atom stereocenters. The predicted octanol–water partition coefficient (Wildman–Crippen LogP) is 4.88.